The molecule has 0 aliphatic carbocycles. The van der Waals surface area contributed by atoms with Crippen LogP contribution >= 0.6 is 0 Å². The Hall–Kier alpha value is -4.51. The van der Waals surface area contributed by atoms with Gasteiger partial charge >= 0.3 is 0 Å². The summed E-state index contributed by atoms with van der Waals surface area (Å²) in [6, 6.07) is 22.8. The Morgan fingerprint density at radius 3 is 2.18 bits per heavy atom. The summed E-state index contributed by atoms with van der Waals surface area (Å²) in [4.78, 5) is 18.9. The SMILES string of the molecule is Cc1cc(Nc2ccccc2)nc(Nc2ccc(NS(=O)(=O)c3cccc([N+](=O)[O-])c3)cc2)n1. The molecule has 0 spiro atoms. The van der Waals surface area contributed by atoms with Crippen LogP contribution in [0.1, 0.15) is 5.69 Å². The number of nitro benzene ring substituents is 1. The van der Waals surface area contributed by atoms with E-state index >= 15 is 0 Å². The zero-order chi connectivity index (χ0) is 24.1. The number of rotatable bonds is 8. The third kappa shape index (κ3) is 5.64. The van der Waals surface area contributed by atoms with Gasteiger partial charge < -0.3 is 10.6 Å². The van der Waals surface area contributed by atoms with Crippen LogP contribution in [-0.2, 0) is 10.0 Å². The topological polar surface area (TPSA) is 139 Å². The summed E-state index contributed by atoms with van der Waals surface area (Å²) in [5.41, 5.74) is 2.30. The molecule has 0 fully saturated rings. The summed E-state index contributed by atoms with van der Waals surface area (Å²) < 4.78 is 27.6. The lowest BCUT2D eigenvalue weighted by atomic mass is 10.3. The Labute approximate surface area is 195 Å². The molecule has 0 unspecified atom stereocenters. The van der Waals surface area contributed by atoms with Crippen LogP contribution in [0.25, 0.3) is 0 Å². The normalized spacial score (nSPS) is 11.0. The van der Waals surface area contributed by atoms with Gasteiger partial charge in [0.15, 0.2) is 0 Å². The van der Waals surface area contributed by atoms with Crippen molar-refractivity contribution < 1.29 is 13.3 Å². The first-order valence-corrected chi connectivity index (χ1v) is 11.6. The lowest BCUT2D eigenvalue weighted by molar-refractivity contribution is -0.385. The van der Waals surface area contributed by atoms with E-state index in [1.807, 2.05) is 43.3 Å². The number of aryl methyl sites for hydroxylation is 1. The Morgan fingerprint density at radius 1 is 0.794 bits per heavy atom. The van der Waals surface area contributed by atoms with Gasteiger partial charge in [-0.05, 0) is 49.4 Å². The number of hydrogen-bond donors (Lipinski definition) is 3. The predicted molar refractivity (Wildman–Crippen MR) is 130 cm³/mol. The highest BCUT2D eigenvalue weighted by Crippen LogP contribution is 2.23. The number of nitro groups is 1. The molecule has 1 heterocycles. The lowest BCUT2D eigenvalue weighted by Crippen LogP contribution is -2.13. The molecule has 0 aliphatic heterocycles. The number of nitrogens with one attached hydrogen (secondary N) is 3. The average Bonchev–Trinajstić information content (AvgIpc) is 2.80. The van der Waals surface area contributed by atoms with Crippen LogP contribution < -0.4 is 15.4 Å². The van der Waals surface area contributed by atoms with Crippen molar-refractivity contribution in [1.82, 2.24) is 9.97 Å². The summed E-state index contributed by atoms with van der Waals surface area (Å²) in [5, 5.41) is 17.2. The molecule has 10 nitrogen and oxygen atoms in total. The van der Waals surface area contributed by atoms with E-state index in [0.29, 0.717) is 23.1 Å². The molecular weight excluding hydrogens is 456 g/mol. The fourth-order valence-corrected chi connectivity index (χ4v) is 4.18. The average molecular weight is 477 g/mol. The highest BCUT2D eigenvalue weighted by molar-refractivity contribution is 7.92. The smallest absolute Gasteiger partial charge is 0.270 e. The van der Waals surface area contributed by atoms with E-state index in [1.54, 1.807) is 24.3 Å². The molecule has 3 aromatic carbocycles. The van der Waals surface area contributed by atoms with E-state index < -0.39 is 14.9 Å². The second kappa shape index (κ2) is 9.55. The second-order valence-electron chi connectivity index (χ2n) is 7.27. The van der Waals surface area contributed by atoms with Crippen molar-refractivity contribution in [1.29, 1.82) is 0 Å². The zero-order valence-electron chi connectivity index (χ0n) is 18.0. The van der Waals surface area contributed by atoms with Gasteiger partial charge in [0.2, 0.25) is 5.95 Å². The number of para-hydroxylation sites is 1. The fourth-order valence-electron chi connectivity index (χ4n) is 3.09. The standard InChI is InChI=1S/C23H20N6O4S/c1-16-14-22(25-17-6-3-2-4-7-17)27-23(24-16)26-18-10-12-19(13-11-18)28-34(32,33)21-9-5-8-20(15-21)29(30)31/h2-15,28H,1H3,(H2,24,25,26,27). The second-order valence-corrected chi connectivity index (χ2v) is 8.95. The maximum Gasteiger partial charge on any atom is 0.270 e. The summed E-state index contributed by atoms with van der Waals surface area (Å²) in [7, 11) is -3.99. The van der Waals surface area contributed by atoms with E-state index in [2.05, 4.69) is 25.3 Å². The number of anilines is 5. The van der Waals surface area contributed by atoms with Crippen LogP contribution in [0.5, 0.6) is 0 Å². The van der Waals surface area contributed by atoms with Crippen molar-refractivity contribution in [3.63, 3.8) is 0 Å². The van der Waals surface area contributed by atoms with Crippen molar-refractivity contribution in [3.05, 3.63) is 101 Å². The van der Waals surface area contributed by atoms with Gasteiger partial charge in [0.1, 0.15) is 5.82 Å². The third-order valence-corrected chi connectivity index (χ3v) is 6.01. The van der Waals surface area contributed by atoms with Crippen molar-refractivity contribution in [2.24, 2.45) is 0 Å². The van der Waals surface area contributed by atoms with Crippen molar-refractivity contribution in [2.45, 2.75) is 11.8 Å². The molecule has 172 valence electrons. The highest BCUT2D eigenvalue weighted by atomic mass is 32.2. The summed E-state index contributed by atoms with van der Waals surface area (Å²) >= 11 is 0. The molecule has 0 saturated carbocycles. The number of sulfonamides is 1. The number of nitrogens with zero attached hydrogens (tertiary/aromatic N) is 3. The largest absolute Gasteiger partial charge is 0.340 e. The minimum Gasteiger partial charge on any atom is -0.340 e. The van der Waals surface area contributed by atoms with Crippen molar-refractivity contribution in [2.75, 3.05) is 15.4 Å². The van der Waals surface area contributed by atoms with Crippen molar-refractivity contribution >= 4 is 44.5 Å². The Balaban J connectivity index is 1.47. The summed E-state index contributed by atoms with van der Waals surface area (Å²) in [6.45, 7) is 1.86. The molecule has 0 radical (unpaired) electrons. The van der Waals surface area contributed by atoms with Gasteiger partial charge in [-0.2, -0.15) is 4.98 Å². The van der Waals surface area contributed by atoms with Crippen LogP contribution in [0.15, 0.2) is 89.8 Å². The molecule has 0 atom stereocenters. The molecule has 3 N–H and O–H groups in total. The third-order valence-electron chi connectivity index (χ3n) is 4.63. The number of aromatic nitrogens is 2. The van der Waals surface area contributed by atoms with E-state index in [1.165, 1.54) is 18.2 Å². The van der Waals surface area contributed by atoms with E-state index in [4.69, 9.17) is 0 Å². The van der Waals surface area contributed by atoms with Crippen LogP contribution in [-0.4, -0.2) is 23.3 Å². The van der Waals surface area contributed by atoms with Crippen LogP contribution in [0.4, 0.5) is 34.5 Å². The molecule has 11 heteroatoms. The first kappa shape index (κ1) is 22.7. The van der Waals surface area contributed by atoms with E-state index in [0.717, 1.165) is 17.4 Å². The van der Waals surface area contributed by atoms with Gasteiger partial charge in [-0.25, -0.2) is 13.4 Å². The van der Waals surface area contributed by atoms with Gasteiger partial charge in [-0.1, -0.05) is 24.3 Å². The molecule has 0 saturated heterocycles. The Morgan fingerprint density at radius 2 is 1.47 bits per heavy atom. The first-order valence-electron chi connectivity index (χ1n) is 10.1. The van der Waals surface area contributed by atoms with Gasteiger partial charge in [0.05, 0.1) is 9.82 Å². The molecule has 1 aromatic heterocycles. The summed E-state index contributed by atoms with van der Waals surface area (Å²) in [5.74, 6) is 1.01. The van der Waals surface area contributed by atoms with Crippen molar-refractivity contribution in [3.8, 4) is 0 Å². The molecule has 0 aliphatic rings. The molecule has 0 amide bonds. The predicted octanol–water partition coefficient (Wildman–Crippen LogP) is 4.98. The first-order chi connectivity index (χ1) is 16.3. The molecule has 4 aromatic rings. The summed E-state index contributed by atoms with van der Waals surface area (Å²) in [6.07, 6.45) is 0. The van der Waals surface area contributed by atoms with Gasteiger partial charge in [-0.3, -0.25) is 14.8 Å². The Kier molecular flexibility index (Phi) is 6.37. The maximum absolute atomic E-state index is 12.6. The maximum atomic E-state index is 12.6. The number of benzene rings is 3. The van der Waals surface area contributed by atoms with Gasteiger partial charge in [-0.15, -0.1) is 0 Å². The molecule has 4 rings (SSSR count). The Bertz CT molecular complexity index is 1430. The highest BCUT2D eigenvalue weighted by Gasteiger charge is 2.17. The van der Waals surface area contributed by atoms with Crippen LogP contribution in [0.2, 0.25) is 0 Å². The number of non-ortho nitro benzene ring substituents is 1. The minimum absolute atomic E-state index is 0.199. The van der Waals surface area contributed by atoms with Gasteiger partial charge in [0.25, 0.3) is 15.7 Å². The monoisotopic (exact) mass is 476 g/mol. The molecular formula is C23H20N6O4S. The van der Waals surface area contributed by atoms with Crippen LogP contribution in [0.3, 0.4) is 0 Å². The molecule has 34 heavy (non-hydrogen) atoms. The fraction of sp³-hybridized carbons (Fsp3) is 0.0435. The minimum atomic E-state index is -3.99. The quantitative estimate of drug-likeness (QED) is 0.239. The van der Waals surface area contributed by atoms with E-state index in [9.17, 15) is 18.5 Å². The zero-order valence-corrected chi connectivity index (χ0v) is 18.8. The van der Waals surface area contributed by atoms with Crippen LogP contribution in [0, 0.1) is 17.0 Å². The number of hydrogen-bond acceptors (Lipinski definition) is 8. The lowest BCUT2D eigenvalue weighted by Gasteiger charge is -2.11. The van der Waals surface area contributed by atoms with Gasteiger partial charge in [0, 0.05) is 41.0 Å². The molecule has 0 bridgehead atoms. The van der Waals surface area contributed by atoms with E-state index in [-0.39, 0.29) is 10.6 Å².